The number of hydrogen-bond donors (Lipinski definition) is 2. The van der Waals surface area contributed by atoms with Gasteiger partial charge >= 0.3 is 0 Å². The molecule has 10 heteroatoms. The molecule has 0 spiro atoms. The van der Waals surface area contributed by atoms with E-state index >= 15 is 0 Å². The number of sulfonamides is 1. The van der Waals surface area contributed by atoms with Crippen molar-refractivity contribution in [2.45, 2.75) is 18.7 Å². The van der Waals surface area contributed by atoms with E-state index in [2.05, 4.69) is 20.2 Å². The summed E-state index contributed by atoms with van der Waals surface area (Å²) < 4.78 is 31.2. The number of hydrogen-bond acceptors (Lipinski definition) is 7. The van der Waals surface area contributed by atoms with Gasteiger partial charge in [0, 0.05) is 17.8 Å². The molecule has 8 nitrogen and oxygen atoms in total. The van der Waals surface area contributed by atoms with Crippen LogP contribution in [0.25, 0.3) is 11.5 Å². The van der Waals surface area contributed by atoms with Crippen LogP contribution in [-0.2, 0) is 21.4 Å². The molecule has 3 aromatic rings. The molecule has 0 fully saturated rings. The Kier molecular flexibility index (Phi) is 6.89. The fourth-order valence-electron chi connectivity index (χ4n) is 2.29. The molecule has 29 heavy (non-hydrogen) atoms. The highest BCUT2D eigenvalue weighted by Crippen LogP contribution is 2.24. The van der Waals surface area contributed by atoms with Crippen LogP contribution in [0.4, 0.5) is 5.69 Å². The molecule has 152 valence electrons. The monoisotopic (exact) mass is 432 g/mol. The molecule has 1 heterocycles. The maximum Gasteiger partial charge on any atom is 0.277 e. The van der Waals surface area contributed by atoms with Crippen LogP contribution < -0.4 is 10.0 Å². The average Bonchev–Trinajstić information content (AvgIpc) is 3.21. The standard InChI is InChI=1S/C19H20N4O4S2/c1-2-29(25,26)23-16-10-8-15(9-11-16)18-21-22-19(27-18)28-13-17(24)20-12-14-6-4-3-5-7-14/h3-11,23H,2,12-13H2,1H3,(H,20,24). The van der Waals surface area contributed by atoms with E-state index in [9.17, 15) is 13.2 Å². The van der Waals surface area contributed by atoms with E-state index in [1.54, 1.807) is 31.2 Å². The van der Waals surface area contributed by atoms with Crippen LogP contribution in [-0.4, -0.2) is 36.0 Å². The van der Waals surface area contributed by atoms with E-state index in [1.165, 1.54) is 0 Å². The first-order valence-corrected chi connectivity index (χ1v) is 11.5. The van der Waals surface area contributed by atoms with Crippen molar-refractivity contribution < 1.29 is 17.6 Å². The average molecular weight is 433 g/mol. The number of aromatic nitrogens is 2. The van der Waals surface area contributed by atoms with Gasteiger partial charge in [-0.3, -0.25) is 9.52 Å². The van der Waals surface area contributed by atoms with Crippen LogP contribution in [0.3, 0.4) is 0 Å². The third-order valence-corrected chi connectivity index (χ3v) is 5.98. The van der Waals surface area contributed by atoms with E-state index in [4.69, 9.17) is 4.42 Å². The Hall–Kier alpha value is -2.85. The van der Waals surface area contributed by atoms with Crippen molar-refractivity contribution in [3.05, 3.63) is 60.2 Å². The predicted octanol–water partition coefficient (Wildman–Crippen LogP) is 2.91. The zero-order valence-electron chi connectivity index (χ0n) is 15.7. The topological polar surface area (TPSA) is 114 Å². The molecular formula is C19H20N4O4S2. The fourth-order valence-corrected chi connectivity index (χ4v) is 3.52. The summed E-state index contributed by atoms with van der Waals surface area (Å²) >= 11 is 1.15. The van der Waals surface area contributed by atoms with Gasteiger partial charge in [0.15, 0.2) is 0 Å². The van der Waals surface area contributed by atoms with Crippen molar-refractivity contribution in [3.63, 3.8) is 0 Å². The second-order valence-corrected chi connectivity index (χ2v) is 8.94. The Morgan fingerprint density at radius 3 is 2.48 bits per heavy atom. The van der Waals surface area contributed by atoms with Gasteiger partial charge in [-0.05, 0) is 36.8 Å². The second-order valence-electron chi connectivity index (χ2n) is 6.01. The van der Waals surface area contributed by atoms with Crippen LogP contribution >= 0.6 is 11.8 Å². The summed E-state index contributed by atoms with van der Waals surface area (Å²) in [6.07, 6.45) is 0. The lowest BCUT2D eigenvalue weighted by Gasteiger charge is -2.05. The number of carbonyl (C=O) groups excluding carboxylic acids is 1. The molecule has 1 amide bonds. The van der Waals surface area contributed by atoms with Crippen LogP contribution in [0.2, 0.25) is 0 Å². The van der Waals surface area contributed by atoms with E-state index in [0.29, 0.717) is 23.7 Å². The second kappa shape index (κ2) is 9.57. The van der Waals surface area contributed by atoms with Gasteiger partial charge in [-0.2, -0.15) is 0 Å². The van der Waals surface area contributed by atoms with Gasteiger partial charge in [0.05, 0.1) is 11.5 Å². The van der Waals surface area contributed by atoms with Gasteiger partial charge in [-0.1, -0.05) is 42.1 Å². The number of thioether (sulfide) groups is 1. The molecule has 3 rings (SSSR count). The normalized spacial score (nSPS) is 11.2. The molecule has 0 aliphatic carbocycles. The highest BCUT2D eigenvalue weighted by Gasteiger charge is 2.12. The zero-order valence-corrected chi connectivity index (χ0v) is 17.3. The van der Waals surface area contributed by atoms with Crippen molar-refractivity contribution >= 4 is 33.4 Å². The Labute approximate surface area is 173 Å². The summed E-state index contributed by atoms with van der Waals surface area (Å²) in [4.78, 5) is 12.0. The van der Waals surface area contributed by atoms with E-state index in [0.717, 1.165) is 17.3 Å². The number of benzene rings is 2. The van der Waals surface area contributed by atoms with Crippen LogP contribution in [0.15, 0.2) is 64.2 Å². The quantitative estimate of drug-likeness (QED) is 0.500. The maximum atomic E-state index is 12.0. The lowest BCUT2D eigenvalue weighted by Crippen LogP contribution is -2.24. The van der Waals surface area contributed by atoms with E-state index < -0.39 is 10.0 Å². The zero-order chi connectivity index (χ0) is 20.7. The van der Waals surface area contributed by atoms with Crippen LogP contribution in [0.1, 0.15) is 12.5 Å². The van der Waals surface area contributed by atoms with E-state index in [-0.39, 0.29) is 22.6 Å². The first kappa shape index (κ1) is 20.9. The van der Waals surface area contributed by atoms with Crippen molar-refractivity contribution in [2.75, 3.05) is 16.2 Å². The molecular weight excluding hydrogens is 412 g/mol. The molecule has 0 saturated heterocycles. The number of nitrogens with zero attached hydrogens (tertiary/aromatic N) is 2. The van der Waals surface area contributed by atoms with Gasteiger partial charge in [0.2, 0.25) is 21.8 Å². The summed E-state index contributed by atoms with van der Waals surface area (Å²) in [6, 6.07) is 16.2. The van der Waals surface area contributed by atoms with Crippen LogP contribution in [0, 0.1) is 0 Å². The Morgan fingerprint density at radius 2 is 1.79 bits per heavy atom. The van der Waals surface area contributed by atoms with Crippen molar-refractivity contribution in [1.82, 2.24) is 15.5 Å². The number of rotatable bonds is 9. The van der Waals surface area contributed by atoms with Gasteiger partial charge < -0.3 is 9.73 Å². The van der Waals surface area contributed by atoms with Crippen molar-refractivity contribution in [2.24, 2.45) is 0 Å². The Morgan fingerprint density at radius 1 is 1.07 bits per heavy atom. The summed E-state index contributed by atoms with van der Waals surface area (Å²) in [5.41, 5.74) is 2.13. The van der Waals surface area contributed by atoms with E-state index in [1.807, 2.05) is 30.3 Å². The number of anilines is 1. The van der Waals surface area contributed by atoms with Gasteiger partial charge in [-0.15, -0.1) is 10.2 Å². The molecule has 0 aliphatic rings. The van der Waals surface area contributed by atoms with Gasteiger partial charge in [0.1, 0.15) is 0 Å². The van der Waals surface area contributed by atoms with Crippen LogP contribution in [0.5, 0.6) is 0 Å². The third kappa shape index (κ3) is 6.33. The lowest BCUT2D eigenvalue weighted by atomic mass is 10.2. The summed E-state index contributed by atoms with van der Waals surface area (Å²) in [5.74, 6) is 0.317. The lowest BCUT2D eigenvalue weighted by molar-refractivity contribution is -0.118. The minimum atomic E-state index is -3.33. The number of nitrogens with one attached hydrogen (secondary N) is 2. The summed E-state index contributed by atoms with van der Waals surface area (Å²) in [5, 5.41) is 11.0. The fraction of sp³-hybridized carbons (Fsp3) is 0.211. The molecule has 0 atom stereocenters. The highest BCUT2D eigenvalue weighted by molar-refractivity contribution is 7.99. The molecule has 2 N–H and O–H groups in total. The smallest absolute Gasteiger partial charge is 0.277 e. The summed E-state index contributed by atoms with van der Waals surface area (Å²) in [7, 11) is -3.33. The largest absolute Gasteiger partial charge is 0.411 e. The molecule has 0 radical (unpaired) electrons. The minimum absolute atomic E-state index is 0.00206. The SMILES string of the molecule is CCS(=O)(=O)Nc1ccc(-c2nnc(SCC(=O)NCc3ccccc3)o2)cc1. The van der Waals surface area contributed by atoms with Gasteiger partial charge in [-0.25, -0.2) is 8.42 Å². The minimum Gasteiger partial charge on any atom is -0.411 e. The molecule has 1 aromatic heterocycles. The Balaban J connectivity index is 1.52. The predicted molar refractivity (Wildman–Crippen MR) is 112 cm³/mol. The summed E-state index contributed by atoms with van der Waals surface area (Å²) in [6.45, 7) is 2.03. The first-order valence-electron chi connectivity index (χ1n) is 8.83. The first-order chi connectivity index (χ1) is 13.9. The van der Waals surface area contributed by atoms with Crippen molar-refractivity contribution in [1.29, 1.82) is 0 Å². The third-order valence-electron chi connectivity index (χ3n) is 3.85. The molecule has 0 saturated carbocycles. The van der Waals surface area contributed by atoms with Crippen molar-refractivity contribution in [3.8, 4) is 11.5 Å². The molecule has 2 aromatic carbocycles. The van der Waals surface area contributed by atoms with Gasteiger partial charge in [0.25, 0.3) is 5.22 Å². The number of amides is 1. The highest BCUT2D eigenvalue weighted by atomic mass is 32.2. The number of carbonyl (C=O) groups is 1. The molecule has 0 bridgehead atoms. The molecule has 0 aliphatic heterocycles. The Bertz CT molecular complexity index is 1050. The molecule has 0 unspecified atom stereocenters. The maximum absolute atomic E-state index is 12.0.